The summed E-state index contributed by atoms with van der Waals surface area (Å²) in [6.07, 6.45) is 3.32. The molecule has 2 aromatic carbocycles. The van der Waals surface area contributed by atoms with Gasteiger partial charge in [0.2, 0.25) is 0 Å². The molecular weight excluding hydrogens is 322 g/mol. The summed E-state index contributed by atoms with van der Waals surface area (Å²) in [5, 5.41) is 3.69. The molecule has 1 N–H and O–H groups in total. The van der Waals surface area contributed by atoms with Crippen LogP contribution in [0.4, 0.5) is 0 Å². The molecule has 0 aliphatic heterocycles. The van der Waals surface area contributed by atoms with Gasteiger partial charge in [-0.15, -0.1) is 0 Å². The normalized spacial score (nSPS) is 12.3. The van der Waals surface area contributed by atoms with E-state index in [1.54, 1.807) is 0 Å². The fourth-order valence-corrected chi connectivity index (χ4v) is 2.86. The van der Waals surface area contributed by atoms with Gasteiger partial charge < -0.3 is 5.32 Å². The van der Waals surface area contributed by atoms with Crippen LogP contribution < -0.4 is 5.32 Å². The van der Waals surface area contributed by atoms with Gasteiger partial charge in [-0.25, -0.2) is 0 Å². The van der Waals surface area contributed by atoms with Gasteiger partial charge in [0.05, 0.1) is 0 Å². The Morgan fingerprint density at radius 1 is 1.00 bits per heavy atom. The van der Waals surface area contributed by atoms with Crippen LogP contribution in [0, 0.1) is 6.92 Å². The molecule has 2 heteroatoms. The molecule has 0 aliphatic carbocycles. The van der Waals surface area contributed by atoms with Gasteiger partial charge in [-0.2, -0.15) is 0 Å². The van der Waals surface area contributed by atoms with Crippen LogP contribution in [-0.4, -0.2) is 12.6 Å². The van der Waals surface area contributed by atoms with E-state index in [0.717, 1.165) is 23.9 Å². The van der Waals surface area contributed by atoms with E-state index in [1.807, 2.05) is 0 Å². The van der Waals surface area contributed by atoms with Crippen molar-refractivity contribution in [3.05, 3.63) is 69.7 Å². The summed E-state index contributed by atoms with van der Waals surface area (Å²) in [5.41, 5.74) is 4.14. The Morgan fingerprint density at radius 3 is 2.38 bits per heavy atom. The van der Waals surface area contributed by atoms with Crippen LogP contribution in [0.5, 0.6) is 0 Å². The topological polar surface area (TPSA) is 12.0 Å². The average molecular weight is 346 g/mol. The highest BCUT2D eigenvalue weighted by molar-refractivity contribution is 9.10. The highest BCUT2D eigenvalue weighted by Gasteiger charge is 2.10. The van der Waals surface area contributed by atoms with Crippen molar-refractivity contribution in [2.75, 3.05) is 6.54 Å². The zero-order chi connectivity index (χ0) is 15.1. The fraction of sp³-hybridized carbons (Fsp3) is 0.368. The molecule has 21 heavy (non-hydrogen) atoms. The first kappa shape index (κ1) is 16.3. The molecule has 0 saturated heterocycles. The number of rotatable bonds is 7. The van der Waals surface area contributed by atoms with Gasteiger partial charge in [0.25, 0.3) is 0 Å². The minimum absolute atomic E-state index is 0.493. The van der Waals surface area contributed by atoms with Crippen LogP contribution in [0.1, 0.15) is 30.0 Å². The molecule has 0 heterocycles. The molecule has 2 aromatic rings. The first-order chi connectivity index (χ1) is 10.2. The maximum Gasteiger partial charge on any atom is 0.0175 e. The van der Waals surface area contributed by atoms with Crippen molar-refractivity contribution in [1.29, 1.82) is 0 Å². The standard InChI is InChI=1S/C19H24BrN/c1-3-11-21-19(13-16-7-9-18(20)10-8-16)14-17-6-4-5-15(2)12-17/h4-10,12,19,21H,3,11,13-14H2,1-2H3. The molecule has 112 valence electrons. The van der Waals surface area contributed by atoms with E-state index in [2.05, 4.69) is 83.6 Å². The lowest BCUT2D eigenvalue weighted by atomic mass is 9.98. The Balaban J connectivity index is 2.04. The second kappa shape index (κ2) is 8.35. The third-order valence-electron chi connectivity index (χ3n) is 3.64. The van der Waals surface area contributed by atoms with E-state index >= 15 is 0 Å². The molecule has 0 spiro atoms. The maximum atomic E-state index is 3.69. The lowest BCUT2D eigenvalue weighted by molar-refractivity contribution is 0.504. The smallest absolute Gasteiger partial charge is 0.0175 e. The molecule has 0 bridgehead atoms. The summed E-state index contributed by atoms with van der Waals surface area (Å²) in [6.45, 7) is 5.45. The number of hydrogen-bond donors (Lipinski definition) is 1. The quantitative estimate of drug-likeness (QED) is 0.751. The zero-order valence-electron chi connectivity index (χ0n) is 12.9. The summed E-state index contributed by atoms with van der Waals surface area (Å²) in [5.74, 6) is 0. The molecule has 0 aromatic heterocycles. The number of aryl methyl sites for hydroxylation is 1. The van der Waals surface area contributed by atoms with E-state index in [4.69, 9.17) is 0 Å². The van der Waals surface area contributed by atoms with Crippen LogP contribution in [-0.2, 0) is 12.8 Å². The van der Waals surface area contributed by atoms with Crippen LogP contribution in [0.3, 0.4) is 0 Å². The van der Waals surface area contributed by atoms with Crippen molar-refractivity contribution in [2.45, 2.75) is 39.2 Å². The van der Waals surface area contributed by atoms with Crippen LogP contribution >= 0.6 is 15.9 Å². The molecule has 2 rings (SSSR count). The van der Waals surface area contributed by atoms with Gasteiger partial charge >= 0.3 is 0 Å². The molecule has 0 radical (unpaired) electrons. The number of nitrogens with one attached hydrogen (secondary N) is 1. The predicted octanol–water partition coefficient (Wildman–Crippen LogP) is 4.91. The third-order valence-corrected chi connectivity index (χ3v) is 4.17. The van der Waals surface area contributed by atoms with E-state index in [0.29, 0.717) is 6.04 Å². The second-order valence-corrected chi connectivity index (χ2v) is 6.59. The van der Waals surface area contributed by atoms with Gasteiger partial charge in [0.1, 0.15) is 0 Å². The molecular formula is C19H24BrN. The number of benzene rings is 2. The summed E-state index contributed by atoms with van der Waals surface area (Å²) in [7, 11) is 0. The Hall–Kier alpha value is -1.12. The summed E-state index contributed by atoms with van der Waals surface area (Å²) >= 11 is 3.50. The first-order valence-electron chi connectivity index (χ1n) is 7.70. The highest BCUT2D eigenvalue weighted by Crippen LogP contribution is 2.14. The molecule has 0 fully saturated rings. The molecule has 0 aliphatic rings. The minimum Gasteiger partial charge on any atom is -0.313 e. The predicted molar refractivity (Wildman–Crippen MR) is 94.8 cm³/mol. The highest BCUT2D eigenvalue weighted by atomic mass is 79.9. The second-order valence-electron chi connectivity index (χ2n) is 5.67. The van der Waals surface area contributed by atoms with E-state index in [-0.39, 0.29) is 0 Å². The van der Waals surface area contributed by atoms with E-state index in [1.165, 1.54) is 23.1 Å². The number of hydrogen-bond acceptors (Lipinski definition) is 1. The van der Waals surface area contributed by atoms with Gasteiger partial charge in [-0.05, 0) is 56.0 Å². The SMILES string of the molecule is CCCNC(Cc1ccc(Br)cc1)Cc1cccc(C)c1. The van der Waals surface area contributed by atoms with Crippen molar-refractivity contribution in [3.63, 3.8) is 0 Å². The summed E-state index contributed by atoms with van der Waals surface area (Å²) in [6, 6.07) is 18.0. The van der Waals surface area contributed by atoms with Crippen LogP contribution in [0.15, 0.2) is 53.0 Å². The van der Waals surface area contributed by atoms with Crippen molar-refractivity contribution >= 4 is 15.9 Å². The fourth-order valence-electron chi connectivity index (χ4n) is 2.59. The van der Waals surface area contributed by atoms with Gasteiger partial charge in [0.15, 0.2) is 0 Å². The van der Waals surface area contributed by atoms with Crippen LogP contribution in [0.2, 0.25) is 0 Å². The van der Waals surface area contributed by atoms with Crippen molar-refractivity contribution in [2.24, 2.45) is 0 Å². The lowest BCUT2D eigenvalue weighted by Gasteiger charge is -2.19. The number of halogens is 1. The molecule has 1 unspecified atom stereocenters. The van der Waals surface area contributed by atoms with Crippen molar-refractivity contribution < 1.29 is 0 Å². The lowest BCUT2D eigenvalue weighted by Crippen LogP contribution is -2.33. The third kappa shape index (κ3) is 5.64. The summed E-state index contributed by atoms with van der Waals surface area (Å²) in [4.78, 5) is 0. The van der Waals surface area contributed by atoms with E-state index in [9.17, 15) is 0 Å². The zero-order valence-corrected chi connectivity index (χ0v) is 14.5. The Labute approximate surface area is 136 Å². The first-order valence-corrected chi connectivity index (χ1v) is 8.50. The largest absolute Gasteiger partial charge is 0.313 e. The van der Waals surface area contributed by atoms with Crippen molar-refractivity contribution in [3.8, 4) is 0 Å². The Kier molecular flexibility index (Phi) is 6.47. The molecule has 0 saturated carbocycles. The van der Waals surface area contributed by atoms with Gasteiger partial charge in [-0.1, -0.05) is 64.8 Å². The van der Waals surface area contributed by atoms with Crippen molar-refractivity contribution in [1.82, 2.24) is 5.32 Å². The molecule has 0 amide bonds. The average Bonchev–Trinajstić information content (AvgIpc) is 2.47. The molecule has 1 atom stereocenters. The van der Waals surface area contributed by atoms with Gasteiger partial charge in [0, 0.05) is 10.5 Å². The maximum absolute atomic E-state index is 3.69. The van der Waals surface area contributed by atoms with E-state index < -0.39 is 0 Å². The molecule has 1 nitrogen and oxygen atoms in total. The minimum atomic E-state index is 0.493. The summed E-state index contributed by atoms with van der Waals surface area (Å²) < 4.78 is 1.14. The van der Waals surface area contributed by atoms with Crippen LogP contribution in [0.25, 0.3) is 0 Å². The Bertz CT molecular complexity index is 548. The monoisotopic (exact) mass is 345 g/mol. The van der Waals surface area contributed by atoms with Gasteiger partial charge in [-0.3, -0.25) is 0 Å². The Morgan fingerprint density at radius 2 is 1.71 bits per heavy atom.